The summed E-state index contributed by atoms with van der Waals surface area (Å²) in [5.41, 5.74) is 1.05. The van der Waals surface area contributed by atoms with Crippen LogP contribution in [0.2, 0.25) is 0 Å². The summed E-state index contributed by atoms with van der Waals surface area (Å²) in [6, 6.07) is 13.3. The zero-order valence-electron chi connectivity index (χ0n) is 18.5. The zero-order valence-corrected chi connectivity index (χ0v) is 18.5. The van der Waals surface area contributed by atoms with Gasteiger partial charge in [0.1, 0.15) is 17.3 Å². The predicted octanol–water partition coefficient (Wildman–Crippen LogP) is 3.19. The molecule has 1 amide bonds. The Morgan fingerprint density at radius 3 is 3.00 bits per heavy atom. The van der Waals surface area contributed by atoms with E-state index in [-0.39, 0.29) is 35.9 Å². The summed E-state index contributed by atoms with van der Waals surface area (Å²) < 4.78 is 30.9. The van der Waals surface area contributed by atoms with E-state index < -0.39 is 5.82 Å². The van der Waals surface area contributed by atoms with Gasteiger partial charge in [-0.05, 0) is 29.8 Å². The van der Waals surface area contributed by atoms with Gasteiger partial charge in [-0.3, -0.25) is 9.78 Å². The molecule has 2 aliphatic heterocycles. The van der Waals surface area contributed by atoms with E-state index in [9.17, 15) is 9.18 Å². The molecule has 0 aliphatic carbocycles. The van der Waals surface area contributed by atoms with Gasteiger partial charge in [0.2, 0.25) is 0 Å². The highest BCUT2D eigenvalue weighted by atomic mass is 19.1. The number of hydrogen-bond donors (Lipinski definition) is 1. The van der Waals surface area contributed by atoms with Crippen LogP contribution in [0.4, 0.5) is 10.2 Å². The quantitative estimate of drug-likeness (QED) is 0.600. The molecule has 0 unspecified atom stereocenters. The number of fused-ring (bicyclic) bond motifs is 1. The van der Waals surface area contributed by atoms with Crippen LogP contribution in [0.25, 0.3) is 0 Å². The van der Waals surface area contributed by atoms with Gasteiger partial charge < -0.3 is 24.4 Å². The van der Waals surface area contributed by atoms with Gasteiger partial charge in [-0.15, -0.1) is 0 Å². The van der Waals surface area contributed by atoms with Gasteiger partial charge in [0.15, 0.2) is 11.6 Å². The van der Waals surface area contributed by atoms with Crippen LogP contribution in [0, 0.1) is 11.7 Å². The number of ether oxygens (including phenoxy) is 3. The number of anilines is 1. The maximum atomic E-state index is 13.9. The highest BCUT2D eigenvalue weighted by Gasteiger charge is 2.33. The summed E-state index contributed by atoms with van der Waals surface area (Å²) in [5, 5.41) is 2.86. The van der Waals surface area contributed by atoms with Gasteiger partial charge >= 0.3 is 0 Å². The lowest BCUT2D eigenvalue weighted by molar-refractivity contribution is 0.0412. The minimum atomic E-state index is -0.438. The molecule has 1 N–H and O–H groups in total. The van der Waals surface area contributed by atoms with Gasteiger partial charge in [-0.1, -0.05) is 24.3 Å². The summed E-state index contributed by atoms with van der Waals surface area (Å²) in [5.74, 6) is 0.778. The van der Waals surface area contributed by atoms with Crippen molar-refractivity contribution in [2.24, 2.45) is 5.92 Å². The summed E-state index contributed by atoms with van der Waals surface area (Å²) in [6.07, 6.45) is 3.23. The maximum absolute atomic E-state index is 13.9. The monoisotopic (exact) mass is 464 g/mol. The van der Waals surface area contributed by atoms with Crippen molar-refractivity contribution < 1.29 is 23.4 Å². The van der Waals surface area contributed by atoms with E-state index in [2.05, 4.69) is 20.2 Å². The summed E-state index contributed by atoms with van der Waals surface area (Å²) in [6.45, 7) is 3.56. The first-order valence-electron chi connectivity index (χ1n) is 11.2. The van der Waals surface area contributed by atoms with Crippen molar-refractivity contribution >= 4 is 11.7 Å². The Morgan fingerprint density at radius 2 is 2.09 bits per heavy atom. The fourth-order valence-corrected chi connectivity index (χ4v) is 4.09. The minimum absolute atomic E-state index is 0.113. The van der Waals surface area contributed by atoms with Crippen LogP contribution in [0.15, 0.2) is 60.9 Å². The molecule has 2 fully saturated rings. The molecule has 0 spiro atoms. The van der Waals surface area contributed by atoms with E-state index >= 15 is 0 Å². The molecule has 0 saturated carbocycles. The Bertz CT molecular complexity index is 1160. The summed E-state index contributed by atoms with van der Waals surface area (Å²) >= 11 is 0. The maximum Gasteiger partial charge on any atom is 0.271 e. The van der Waals surface area contributed by atoms with Crippen molar-refractivity contribution in [3.05, 3.63) is 78.0 Å². The molecule has 2 aliphatic rings. The number of aromatic nitrogens is 2. The molecule has 3 heterocycles. The van der Waals surface area contributed by atoms with E-state index in [0.717, 1.165) is 12.1 Å². The van der Waals surface area contributed by atoms with Crippen LogP contribution >= 0.6 is 0 Å². The van der Waals surface area contributed by atoms with E-state index in [0.29, 0.717) is 37.9 Å². The van der Waals surface area contributed by atoms with Crippen molar-refractivity contribution in [1.29, 1.82) is 0 Å². The Labute approximate surface area is 196 Å². The molecule has 0 radical (unpaired) electrons. The molecule has 2 aromatic carbocycles. The van der Waals surface area contributed by atoms with E-state index in [1.807, 2.05) is 6.07 Å². The van der Waals surface area contributed by atoms with Crippen molar-refractivity contribution in [3.63, 3.8) is 0 Å². The number of para-hydroxylation sites is 1. The van der Waals surface area contributed by atoms with Crippen molar-refractivity contribution in [3.8, 4) is 11.5 Å². The van der Waals surface area contributed by atoms with Crippen LogP contribution < -0.4 is 15.0 Å². The molecule has 2 saturated heterocycles. The highest BCUT2D eigenvalue weighted by Crippen LogP contribution is 2.25. The average Bonchev–Trinajstić information content (AvgIpc) is 3.20. The standard InChI is InChI=1S/C25H25FN4O4/c26-20-6-1-2-7-22(20)34-19-5-3-4-17(10-19)11-28-25(31)21-12-27-13-24(29-21)30-8-9-33-23-16-32-15-18(23)14-30/h1-7,10,12-13,18,23H,8-9,11,14-16H2,(H,28,31)/t18-,23+/m0/s1. The van der Waals surface area contributed by atoms with Gasteiger partial charge in [0, 0.05) is 25.6 Å². The smallest absolute Gasteiger partial charge is 0.271 e. The third kappa shape index (κ3) is 5.16. The molecule has 8 nitrogen and oxygen atoms in total. The second-order valence-electron chi connectivity index (χ2n) is 8.28. The lowest BCUT2D eigenvalue weighted by Gasteiger charge is -2.23. The molecule has 176 valence electrons. The third-order valence-corrected chi connectivity index (χ3v) is 5.88. The molecule has 2 atom stereocenters. The normalized spacial score (nSPS) is 19.9. The fraction of sp³-hybridized carbons (Fsp3) is 0.320. The molecule has 34 heavy (non-hydrogen) atoms. The van der Waals surface area contributed by atoms with Gasteiger partial charge in [-0.25, -0.2) is 9.37 Å². The number of nitrogens with zero attached hydrogens (tertiary/aromatic N) is 3. The van der Waals surface area contributed by atoms with Gasteiger partial charge in [-0.2, -0.15) is 0 Å². The molecule has 3 aromatic rings. The van der Waals surface area contributed by atoms with Crippen molar-refractivity contribution in [2.45, 2.75) is 12.6 Å². The van der Waals surface area contributed by atoms with Crippen LogP contribution in [-0.4, -0.2) is 54.9 Å². The highest BCUT2D eigenvalue weighted by molar-refractivity contribution is 5.92. The number of benzene rings is 2. The number of amides is 1. The number of hydrogen-bond acceptors (Lipinski definition) is 7. The first-order chi connectivity index (χ1) is 16.7. The van der Waals surface area contributed by atoms with Crippen LogP contribution in [0.5, 0.6) is 11.5 Å². The van der Waals surface area contributed by atoms with Crippen molar-refractivity contribution in [1.82, 2.24) is 15.3 Å². The second-order valence-corrected chi connectivity index (χ2v) is 8.28. The molecular formula is C25H25FN4O4. The second kappa shape index (κ2) is 10.1. The molecule has 9 heteroatoms. The predicted molar refractivity (Wildman–Crippen MR) is 122 cm³/mol. The number of rotatable bonds is 6. The van der Waals surface area contributed by atoms with Gasteiger partial charge in [0.05, 0.1) is 38.3 Å². The summed E-state index contributed by atoms with van der Waals surface area (Å²) in [7, 11) is 0. The topological polar surface area (TPSA) is 85.8 Å². The van der Waals surface area contributed by atoms with Gasteiger partial charge in [0.25, 0.3) is 5.91 Å². The molecule has 1 aromatic heterocycles. The van der Waals surface area contributed by atoms with Crippen LogP contribution in [-0.2, 0) is 16.0 Å². The number of carbonyl (C=O) groups is 1. The first-order valence-corrected chi connectivity index (χ1v) is 11.2. The van der Waals surface area contributed by atoms with Crippen LogP contribution in [0.3, 0.4) is 0 Å². The number of halogens is 1. The first kappa shape index (κ1) is 22.2. The minimum Gasteiger partial charge on any atom is -0.454 e. The third-order valence-electron chi connectivity index (χ3n) is 5.88. The largest absolute Gasteiger partial charge is 0.454 e. The Morgan fingerprint density at radius 1 is 1.18 bits per heavy atom. The van der Waals surface area contributed by atoms with Crippen molar-refractivity contribution in [2.75, 3.05) is 37.8 Å². The molecule has 0 bridgehead atoms. The SMILES string of the molecule is O=C(NCc1cccc(Oc2ccccc2F)c1)c1cncc(N2CCO[C@@H]3COC[C@@H]3C2)n1. The van der Waals surface area contributed by atoms with E-state index in [1.54, 1.807) is 42.6 Å². The summed E-state index contributed by atoms with van der Waals surface area (Å²) in [4.78, 5) is 23.6. The van der Waals surface area contributed by atoms with E-state index in [1.165, 1.54) is 12.3 Å². The lowest BCUT2D eigenvalue weighted by Crippen LogP contribution is -2.33. The molecule has 5 rings (SSSR count). The number of nitrogens with one attached hydrogen (secondary N) is 1. The Hall–Kier alpha value is -3.56. The Balaban J connectivity index is 1.22. The molecular weight excluding hydrogens is 439 g/mol. The van der Waals surface area contributed by atoms with Crippen LogP contribution in [0.1, 0.15) is 16.1 Å². The fourth-order valence-electron chi connectivity index (χ4n) is 4.09. The average molecular weight is 464 g/mol. The number of carbonyl (C=O) groups excluding carboxylic acids is 1. The zero-order chi connectivity index (χ0) is 23.3. The Kier molecular flexibility index (Phi) is 6.64. The lowest BCUT2D eigenvalue weighted by atomic mass is 10.1. The van der Waals surface area contributed by atoms with E-state index in [4.69, 9.17) is 14.2 Å².